The maximum Gasteiger partial charge on any atom is 0.492 e. The summed E-state index contributed by atoms with van der Waals surface area (Å²) < 4.78 is 12.0. The van der Waals surface area contributed by atoms with Crippen LogP contribution in [-0.2, 0) is 0 Å². The highest BCUT2D eigenvalue weighted by Gasteiger charge is 2.21. The molecule has 0 saturated heterocycles. The average molecular weight is 685 g/mol. The Bertz CT molecular complexity index is 2750. The summed E-state index contributed by atoms with van der Waals surface area (Å²) in [5.41, 5.74) is 12.5. The molecule has 0 saturated carbocycles. The van der Waals surface area contributed by atoms with E-state index in [1.54, 1.807) is 6.07 Å². The number of hydrogen-bond acceptors (Lipinski definition) is 4. The van der Waals surface area contributed by atoms with E-state index in [0.29, 0.717) is 11.0 Å². The van der Waals surface area contributed by atoms with Gasteiger partial charge >= 0.3 is 7.12 Å². The molecular formula is C48H33BO4. The Morgan fingerprint density at radius 3 is 1.04 bits per heavy atom. The number of furan rings is 2. The minimum absolute atomic E-state index is 0.369. The van der Waals surface area contributed by atoms with Crippen LogP contribution in [0.4, 0.5) is 0 Å². The monoisotopic (exact) mass is 684 g/mol. The highest BCUT2D eigenvalue weighted by atomic mass is 16.4. The topological polar surface area (TPSA) is 66.7 Å². The lowest BCUT2D eigenvalue weighted by Gasteiger charge is -2.07. The molecule has 0 spiro atoms. The molecule has 252 valence electrons. The quantitative estimate of drug-likeness (QED) is 0.177. The molecule has 0 bridgehead atoms. The minimum Gasteiger partial charge on any atom is -0.456 e. The van der Waals surface area contributed by atoms with Gasteiger partial charge in [-0.25, -0.2) is 0 Å². The fourth-order valence-electron chi connectivity index (χ4n) is 7.10. The molecule has 2 aromatic heterocycles. The molecule has 5 heteroatoms. The second kappa shape index (κ2) is 13.8. The normalized spacial score (nSPS) is 11.2. The van der Waals surface area contributed by atoms with Gasteiger partial charge in [-0.05, 0) is 87.0 Å². The molecule has 10 aromatic rings. The van der Waals surface area contributed by atoms with Crippen molar-refractivity contribution in [3.05, 3.63) is 188 Å². The van der Waals surface area contributed by atoms with Gasteiger partial charge in [0.05, 0.1) is 0 Å². The van der Waals surface area contributed by atoms with E-state index >= 15 is 0 Å². The van der Waals surface area contributed by atoms with Crippen molar-refractivity contribution in [1.82, 2.24) is 0 Å². The largest absolute Gasteiger partial charge is 0.492 e. The Morgan fingerprint density at radius 1 is 0.302 bits per heavy atom. The van der Waals surface area contributed by atoms with Gasteiger partial charge in [-0.15, -0.1) is 0 Å². The number of fused-ring (bicyclic) bond motifs is 6. The van der Waals surface area contributed by atoms with E-state index in [2.05, 4.69) is 109 Å². The van der Waals surface area contributed by atoms with Gasteiger partial charge in [-0.2, -0.15) is 0 Å². The summed E-state index contributed by atoms with van der Waals surface area (Å²) in [5.74, 6) is 0. The molecule has 0 amide bonds. The van der Waals surface area contributed by atoms with E-state index in [-0.39, 0.29) is 0 Å². The van der Waals surface area contributed by atoms with Crippen LogP contribution in [0.5, 0.6) is 0 Å². The zero-order valence-electron chi connectivity index (χ0n) is 28.7. The third kappa shape index (κ3) is 6.29. The number of hydrogen-bond donors (Lipinski definition) is 2. The van der Waals surface area contributed by atoms with E-state index in [1.165, 1.54) is 22.3 Å². The van der Waals surface area contributed by atoms with Gasteiger partial charge in [0.2, 0.25) is 0 Å². The Labute approximate surface area is 307 Å². The second-order valence-corrected chi connectivity index (χ2v) is 13.1. The summed E-state index contributed by atoms with van der Waals surface area (Å²) in [5, 5.41) is 24.0. The minimum atomic E-state index is -1.61. The summed E-state index contributed by atoms with van der Waals surface area (Å²) in [6.07, 6.45) is 0. The molecule has 10 rings (SSSR count). The van der Waals surface area contributed by atoms with Crippen LogP contribution in [0.1, 0.15) is 0 Å². The van der Waals surface area contributed by atoms with Crippen molar-refractivity contribution >= 4 is 56.5 Å². The fourth-order valence-corrected chi connectivity index (χ4v) is 7.10. The molecule has 53 heavy (non-hydrogen) atoms. The SMILES string of the molecule is OB(O)c1cc(-c2ccccc2)cc2c1oc1ccc(-c3ccccc3)cc12.c1ccc(-c2ccc3oc4ccc(-c5ccccc5)cc4c3c2)cc1. The molecule has 0 aliphatic rings. The smallest absolute Gasteiger partial charge is 0.456 e. The van der Waals surface area contributed by atoms with Crippen LogP contribution in [-0.4, -0.2) is 17.2 Å². The summed E-state index contributed by atoms with van der Waals surface area (Å²) in [6, 6.07) is 63.7. The van der Waals surface area contributed by atoms with Gasteiger partial charge in [0.15, 0.2) is 0 Å². The van der Waals surface area contributed by atoms with Gasteiger partial charge in [-0.3, -0.25) is 0 Å². The molecule has 8 aromatic carbocycles. The first-order chi connectivity index (χ1) is 26.1. The Morgan fingerprint density at radius 2 is 0.642 bits per heavy atom. The van der Waals surface area contributed by atoms with Crippen LogP contribution >= 0.6 is 0 Å². The Balaban J connectivity index is 0.000000141. The first-order valence-electron chi connectivity index (χ1n) is 17.6. The third-order valence-corrected chi connectivity index (χ3v) is 9.78. The van der Waals surface area contributed by atoms with Crippen LogP contribution in [0.25, 0.3) is 88.4 Å². The maximum atomic E-state index is 9.95. The molecular weight excluding hydrogens is 651 g/mol. The van der Waals surface area contributed by atoms with Crippen LogP contribution in [0.3, 0.4) is 0 Å². The summed E-state index contributed by atoms with van der Waals surface area (Å²) >= 11 is 0. The highest BCUT2D eigenvalue weighted by molar-refractivity contribution is 6.62. The molecule has 0 fully saturated rings. The van der Waals surface area contributed by atoms with Gasteiger partial charge in [-0.1, -0.05) is 146 Å². The molecule has 2 N–H and O–H groups in total. The van der Waals surface area contributed by atoms with Crippen molar-refractivity contribution in [2.45, 2.75) is 0 Å². The molecule has 4 nitrogen and oxygen atoms in total. The standard InChI is InChI=1S/C24H17BO3.C24H16O/c26-25(27)22-15-19(17-9-5-2-6-10-17)14-21-20-13-18(16-7-3-1-4-8-16)11-12-23(20)28-24(21)22;1-3-7-17(8-4-1)19-11-13-23-21(15-19)22-16-20(12-14-24(22)25-23)18-9-5-2-6-10-18/h1-15,26-27H;1-16H. The number of rotatable bonds is 5. The lowest BCUT2D eigenvalue weighted by Crippen LogP contribution is -2.30. The van der Waals surface area contributed by atoms with E-state index in [1.807, 2.05) is 72.8 Å². The van der Waals surface area contributed by atoms with Crippen LogP contribution in [0, 0.1) is 0 Å². The maximum absolute atomic E-state index is 9.95. The fraction of sp³-hybridized carbons (Fsp3) is 0. The van der Waals surface area contributed by atoms with Crippen molar-refractivity contribution in [2.75, 3.05) is 0 Å². The van der Waals surface area contributed by atoms with Crippen molar-refractivity contribution in [1.29, 1.82) is 0 Å². The van der Waals surface area contributed by atoms with Gasteiger partial charge in [0.25, 0.3) is 0 Å². The van der Waals surface area contributed by atoms with Crippen molar-refractivity contribution in [2.24, 2.45) is 0 Å². The van der Waals surface area contributed by atoms with Crippen LogP contribution < -0.4 is 5.46 Å². The average Bonchev–Trinajstić information content (AvgIpc) is 3.79. The van der Waals surface area contributed by atoms with Crippen molar-refractivity contribution in [3.8, 4) is 44.5 Å². The molecule has 0 unspecified atom stereocenters. The predicted octanol–water partition coefficient (Wildman–Crippen LogP) is 11.5. The second-order valence-electron chi connectivity index (χ2n) is 13.1. The van der Waals surface area contributed by atoms with E-state index < -0.39 is 7.12 Å². The summed E-state index contributed by atoms with van der Waals surface area (Å²) in [6.45, 7) is 0. The zero-order chi connectivity index (χ0) is 35.7. The van der Waals surface area contributed by atoms with E-state index in [0.717, 1.165) is 60.5 Å². The van der Waals surface area contributed by atoms with E-state index in [4.69, 9.17) is 8.83 Å². The zero-order valence-corrected chi connectivity index (χ0v) is 28.7. The molecule has 0 atom stereocenters. The lowest BCUT2D eigenvalue weighted by atomic mass is 9.77. The van der Waals surface area contributed by atoms with Crippen LogP contribution in [0.15, 0.2) is 197 Å². The number of benzene rings is 8. The molecule has 0 radical (unpaired) electrons. The summed E-state index contributed by atoms with van der Waals surface area (Å²) in [4.78, 5) is 0. The van der Waals surface area contributed by atoms with Crippen LogP contribution in [0.2, 0.25) is 0 Å². The van der Waals surface area contributed by atoms with Crippen molar-refractivity contribution < 1.29 is 18.9 Å². The van der Waals surface area contributed by atoms with Gasteiger partial charge in [0, 0.05) is 27.0 Å². The van der Waals surface area contributed by atoms with E-state index in [9.17, 15) is 10.0 Å². The first kappa shape index (κ1) is 32.3. The van der Waals surface area contributed by atoms with Crippen molar-refractivity contribution in [3.63, 3.8) is 0 Å². The molecule has 2 heterocycles. The Hall–Kier alpha value is -6.66. The highest BCUT2D eigenvalue weighted by Crippen LogP contribution is 2.36. The lowest BCUT2D eigenvalue weighted by molar-refractivity contribution is 0.425. The predicted molar refractivity (Wildman–Crippen MR) is 219 cm³/mol. The molecule has 0 aliphatic carbocycles. The third-order valence-electron chi connectivity index (χ3n) is 9.78. The molecule has 0 aliphatic heterocycles. The first-order valence-corrected chi connectivity index (χ1v) is 17.6. The Kier molecular flexibility index (Phi) is 8.41. The summed E-state index contributed by atoms with van der Waals surface area (Å²) in [7, 11) is -1.61. The van der Waals surface area contributed by atoms with Gasteiger partial charge < -0.3 is 18.9 Å². The van der Waals surface area contributed by atoms with Gasteiger partial charge in [0.1, 0.15) is 22.3 Å².